The molecule has 0 aromatic heterocycles. The van der Waals surface area contributed by atoms with Crippen molar-refractivity contribution in [1.82, 2.24) is 5.32 Å². The maximum atomic E-state index is 6.03. The lowest BCUT2D eigenvalue weighted by molar-refractivity contribution is 0.174. The van der Waals surface area contributed by atoms with Crippen LogP contribution in [0.4, 0.5) is 0 Å². The van der Waals surface area contributed by atoms with Crippen LogP contribution in [-0.2, 0) is 6.54 Å². The van der Waals surface area contributed by atoms with E-state index in [9.17, 15) is 0 Å². The highest BCUT2D eigenvalue weighted by atomic mass is 35.5. The van der Waals surface area contributed by atoms with Gasteiger partial charge in [-0.3, -0.25) is 0 Å². The van der Waals surface area contributed by atoms with Crippen LogP contribution < -0.4 is 20.5 Å². The summed E-state index contributed by atoms with van der Waals surface area (Å²) in [6.45, 7) is 0.711. The smallest absolute Gasteiger partial charge is 0.231 e. The molecule has 15 heavy (non-hydrogen) atoms. The average Bonchev–Trinajstić information content (AvgIpc) is 2.60. The van der Waals surface area contributed by atoms with E-state index in [4.69, 9.17) is 39.0 Å². The van der Waals surface area contributed by atoms with E-state index in [1.54, 1.807) is 6.07 Å². The summed E-state index contributed by atoms with van der Waals surface area (Å²) in [4.78, 5) is 0. The van der Waals surface area contributed by atoms with Gasteiger partial charge in [0.2, 0.25) is 6.79 Å². The van der Waals surface area contributed by atoms with Crippen LogP contribution in [0.2, 0.25) is 5.02 Å². The Balaban J connectivity index is 2.21. The fraction of sp³-hybridized carbons (Fsp3) is 0.222. The van der Waals surface area contributed by atoms with Crippen molar-refractivity contribution in [2.45, 2.75) is 6.54 Å². The van der Waals surface area contributed by atoms with Gasteiger partial charge in [0.05, 0.1) is 0 Å². The summed E-state index contributed by atoms with van der Waals surface area (Å²) in [6, 6.07) is 3.54. The summed E-state index contributed by atoms with van der Waals surface area (Å²) in [5.41, 5.74) is 6.19. The number of benzene rings is 1. The zero-order chi connectivity index (χ0) is 10.8. The zero-order valence-electron chi connectivity index (χ0n) is 7.75. The van der Waals surface area contributed by atoms with Gasteiger partial charge in [0, 0.05) is 17.6 Å². The number of hydrogen-bond acceptors (Lipinski definition) is 3. The molecule has 3 N–H and O–H groups in total. The van der Waals surface area contributed by atoms with Gasteiger partial charge in [0.15, 0.2) is 16.6 Å². The first-order chi connectivity index (χ1) is 7.16. The SMILES string of the molecule is NC(=S)NCc1cc2c(cc1Cl)OCO2. The first-order valence-corrected chi connectivity index (χ1v) is 5.07. The highest BCUT2D eigenvalue weighted by molar-refractivity contribution is 7.80. The summed E-state index contributed by atoms with van der Waals surface area (Å²) in [5.74, 6) is 1.36. The lowest BCUT2D eigenvalue weighted by Gasteiger charge is -2.07. The van der Waals surface area contributed by atoms with Crippen LogP contribution in [0.5, 0.6) is 11.5 Å². The normalized spacial score (nSPS) is 12.6. The molecule has 0 unspecified atom stereocenters. The molecule has 0 spiro atoms. The van der Waals surface area contributed by atoms with E-state index in [0.29, 0.717) is 23.1 Å². The summed E-state index contributed by atoms with van der Waals surface area (Å²) < 4.78 is 10.4. The molecular formula is C9H9ClN2O2S. The van der Waals surface area contributed by atoms with Crippen LogP contribution in [0.1, 0.15) is 5.56 Å². The maximum Gasteiger partial charge on any atom is 0.231 e. The van der Waals surface area contributed by atoms with Gasteiger partial charge >= 0.3 is 0 Å². The molecule has 4 nitrogen and oxygen atoms in total. The van der Waals surface area contributed by atoms with Gasteiger partial charge in [0.1, 0.15) is 0 Å². The van der Waals surface area contributed by atoms with E-state index in [1.807, 2.05) is 6.07 Å². The minimum atomic E-state index is 0.234. The molecule has 0 radical (unpaired) electrons. The van der Waals surface area contributed by atoms with Crippen molar-refractivity contribution >= 4 is 28.9 Å². The molecule has 1 heterocycles. The lowest BCUT2D eigenvalue weighted by Crippen LogP contribution is -2.28. The fourth-order valence-electron chi connectivity index (χ4n) is 1.28. The molecule has 0 amide bonds. The first kappa shape index (κ1) is 10.3. The number of ether oxygens (including phenoxy) is 2. The number of thiocarbonyl (C=S) groups is 1. The molecule has 0 saturated heterocycles. The molecule has 0 bridgehead atoms. The number of nitrogens with two attached hydrogens (primary N) is 1. The van der Waals surface area contributed by atoms with Gasteiger partial charge in [-0.05, 0) is 23.8 Å². The molecule has 0 saturated carbocycles. The molecule has 80 valence electrons. The molecule has 0 atom stereocenters. The molecule has 1 aliphatic rings. The largest absolute Gasteiger partial charge is 0.454 e. The second-order valence-corrected chi connectivity index (χ2v) is 3.86. The molecule has 0 aliphatic carbocycles. The van der Waals surface area contributed by atoms with Crippen molar-refractivity contribution in [3.8, 4) is 11.5 Å². The number of nitrogens with one attached hydrogen (secondary N) is 1. The molecule has 2 rings (SSSR count). The summed E-state index contributed by atoms with van der Waals surface area (Å²) in [5, 5.41) is 3.66. The number of halogens is 1. The fourth-order valence-corrected chi connectivity index (χ4v) is 1.57. The van der Waals surface area contributed by atoms with Crippen molar-refractivity contribution in [1.29, 1.82) is 0 Å². The van der Waals surface area contributed by atoms with E-state index < -0.39 is 0 Å². The Morgan fingerprint density at radius 3 is 2.80 bits per heavy atom. The van der Waals surface area contributed by atoms with Gasteiger partial charge in [-0.2, -0.15) is 0 Å². The van der Waals surface area contributed by atoms with E-state index in [1.165, 1.54) is 0 Å². The van der Waals surface area contributed by atoms with E-state index >= 15 is 0 Å². The predicted octanol–water partition coefficient (Wildman–Crippen LogP) is 1.40. The Hall–Kier alpha value is -1.20. The minimum Gasteiger partial charge on any atom is -0.454 e. The van der Waals surface area contributed by atoms with Gasteiger partial charge in [-0.1, -0.05) is 11.6 Å². The van der Waals surface area contributed by atoms with Gasteiger partial charge in [-0.15, -0.1) is 0 Å². The molecule has 0 fully saturated rings. The third-order valence-corrected chi connectivity index (χ3v) is 2.49. The highest BCUT2D eigenvalue weighted by Crippen LogP contribution is 2.36. The predicted molar refractivity (Wildman–Crippen MR) is 61.2 cm³/mol. The quantitative estimate of drug-likeness (QED) is 0.771. The van der Waals surface area contributed by atoms with Crippen LogP contribution in [0, 0.1) is 0 Å². The number of rotatable bonds is 2. The third kappa shape index (κ3) is 2.24. The second kappa shape index (κ2) is 4.12. The van der Waals surface area contributed by atoms with Gasteiger partial charge in [-0.25, -0.2) is 0 Å². The Morgan fingerprint density at radius 1 is 1.47 bits per heavy atom. The second-order valence-electron chi connectivity index (χ2n) is 3.01. The molecule has 1 aromatic rings. The van der Waals surface area contributed by atoms with E-state index in [2.05, 4.69) is 5.32 Å². The average molecular weight is 245 g/mol. The van der Waals surface area contributed by atoms with Crippen LogP contribution in [0.15, 0.2) is 12.1 Å². The maximum absolute atomic E-state index is 6.03. The molecule has 1 aromatic carbocycles. The van der Waals surface area contributed by atoms with Gasteiger partial charge in [0.25, 0.3) is 0 Å². The molecular weight excluding hydrogens is 236 g/mol. The Morgan fingerprint density at radius 2 is 2.13 bits per heavy atom. The van der Waals surface area contributed by atoms with Crippen LogP contribution in [0.3, 0.4) is 0 Å². The van der Waals surface area contributed by atoms with Crippen LogP contribution >= 0.6 is 23.8 Å². The Bertz CT molecular complexity index is 411. The Labute approximate surface area is 97.3 Å². The van der Waals surface area contributed by atoms with Gasteiger partial charge < -0.3 is 20.5 Å². The third-order valence-electron chi connectivity index (χ3n) is 1.99. The van der Waals surface area contributed by atoms with Crippen molar-refractivity contribution in [2.75, 3.05) is 6.79 Å². The molecule has 1 aliphatic heterocycles. The van der Waals surface area contributed by atoms with Crippen molar-refractivity contribution in [3.05, 3.63) is 22.7 Å². The first-order valence-electron chi connectivity index (χ1n) is 4.28. The minimum absolute atomic E-state index is 0.234. The van der Waals surface area contributed by atoms with Crippen molar-refractivity contribution < 1.29 is 9.47 Å². The zero-order valence-corrected chi connectivity index (χ0v) is 9.32. The monoisotopic (exact) mass is 244 g/mol. The van der Waals surface area contributed by atoms with E-state index in [-0.39, 0.29) is 11.9 Å². The topological polar surface area (TPSA) is 56.5 Å². The number of fused-ring (bicyclic) bond motifs is 1. The standard InChI is InChI=1S/C9H9ClN2O2S/c10-6-2-8-7(13-4-14-8)1-5(6)3-12-9(11)15/h1-2H,3-4H2,(H3,11,12,15). The summed E-state index contributed by atoms with van der Waals surface area (Å²) in [6.07, 6.45) is 0. The lowest BCUT2D eigenvalue weighted by atomic mass is 10.2. The van der Waals surface area contributed by atoms with Crippen molar-refractivity contribution in [2.24, 2.45) is 5.73 Å². The Kier molecular flexibility index (Phi) is 2.83. The summed E-state index contributed by atoms with van der Waals surface area (Å²) >= 11 is 10.7. The highest BCUT2D eigenvalue weighted by Gasteiger charge is 2.16. The van der Waals surface area contributed by atoms with Crippen molar-refractivity contribution in [3.63, 3.8) is 0 Å². The van der Waals surface area contributed by atoms with Crippen LogP contribution in [0.25, 0.3) is 0 Å². The number of hydrogen-bond donors (Lipinski definition) is 2. The van der Waals surface area contributed by atoms with E-state index in [0.717, 1.165) is 5.56 Å². The van der Waals surface area contributed by atoms with Crippen LogP contribution in [-0.4, -0.2) is 11.9 Å². The summed E-state index contributed by atoms with van der Waals surface area (Å²) in [7, 11) is 0. The molecule has 6 heteroatoms.